The predicted molar refractivity (Wildman–Crippen MR) is 276 cm³/mol. The number of halogens is 3. The Morgan fingerprint density at radius 2 is 1.00 bits per heavy atom. The molecule has 4 heterocycles. The average Bonchev–Trinajstić information content (AvgIpc) is 4.25. The fourth-order valence-electron chi connectivity index (χ4n) is 7.35. The van der Waals surface area contributed by atoms with Crippen LogP contribution in [-0.2, 0) is 33.9 Å². The lowest BCUT2D eigenvalue weighted by Gasteiger charge is -2.33. The van der Waals surface area contributed by atoms with Crippen molar-refractivity contribution in [1.29, 1.82) is 0 Å². The molecule has 25 heteroatoms. The normalized spacial score (nSPS) is 16.3. The second-order valence-electron chi connectivity index (χ2n) is 19.4. The summed E-state index contributed by atoms with van der Waals surface area (Å²) in [6, 6.07) is 10.7. The first-order valence-corrected chi connectivity index (χ1v) is 27.7. The van der Waals surface area contributed by atoms with Crippen molar-refractivity contribution in [2.24, 2.45) is 0 Å². The van der Waals surface area contributed by atoms with Crippen LogP contribution in [0.4, 0.5) is 46.2 Å². The van der Waals surface area contributed by atoms with E-state index in [0.29, 0.717) is 101 Å². The maximum absolute atomic E-state index is 14.6. The molecule has 0 radical (unpaired) electrons. The van der Waals surface area contributed by atoms with Gasteiger partial charge < -0.3 is 44.1 Å². The quantitative estimate of drug-likeness (QED) is 0.0880. The van der Waals surface area contributed by atoms with Gasteiger partial charge in [-0.2, -0.15) is 0 Å². The second kappa shape index (κ2) is 26.1. The Kier molecular flexibility index (Phi) is 20.8. The van der Waals surface area contributed by atoms with Gasteiger partial charge in [-0.15, -0.1) is 0 Å². The number of nitrogens with zero attached hydrogens (tertiary/aromatic N) is 6. The summed E-state index contributed by atoms with van der Waals surface area (Å²) in [5.41, 5.74) is -1.08. The minimum atomic E-state index is -3.47. The zero-order valence-electron chi connectivity index (χ0n) is 42.3. The number of amides is 2. The van der Waals surface area contributed by atoms with Gasteiger partial charge in [-0.25, -0.2) is 59.9 Å². The van der Waals surface area contributed by atoms with Crippen molar-refractivity contribution in [2.45, 2.75) is 158 Å². The van der Waals surface area contributed by atoms with Gasteiger partial charge in [0.1, 0.15) is 53.7 Å². The third-order valence-corrected chi connectivity index (χ3v) is 15.9. The highest BCUT2D eigenvalue weighted by molar-refractivity contribution is 7.92. The summed E-state index contributed by atoms with van der Waals surface area (Å²) in [4.78, 5) is 53.7. The van der Waals surface area contributed by atoms with E-state index in [1.54, 1.807) is 35.8 Å². The maximum Gasteiger partial charge on any atom is 0.410 e. The number of hydrogen-bond donors (Lipinski definition) is 2. The highest BCUT2D eigenvalue weighted by Crippen LogP contribution is 2.36. The number of carbonyl (C=O) groups is 3. The van der Waals surface area contributed by atoms with Crippen LogP contribution < -0.4 is 20.1 Å². The van der Waals surface area contributed by atoms with Crippen LogP contribution in [0, 0.1) is 11.6 Å². The molecule has 75 heavy (non-hydrogen) atoms. The lowest BCUT2D eigenvalue weighted by atomic mass is 10.1. The number of carbonyl (C=O) groups excluding carboxylic acids is 3. The number of piperidine rings is 2. The van der Waals surface area contributed by atoms with Gasteiger partial charge in [-0.3, -0.25) is 0 Å². The monoisotopic (exact) mass is 1110 g/mol. The third kappa shape index (κ3) is 18.3. The molecule has 8 rings (SSSR count). The number of nitrogens with one attached hydrogen (secondary N) is 2. The SMILES string of the molecule is C.CC(C)(C)OC(=O)N1CCC(Oc2cc(Nc3ccc(S(=O)(=O)C4CC4)cc3F)ncn2)CC1.CC(C)OC(=O)Cl.CC(C)OC(=O)N1CCC(Oc2cc(Nc3ccc(S(=O)(=O)C4CC4)cc3F)ncn2)CC1. The van der Waals surface area contributed by atoms with Gasteiger partial charge >= 0.3 is 17.6 Å². The number of likely N-dealkylation sites (tertiary alicyclic amines) is 2. The van der Waals surface area contributed by atoms with E-state index in [0.717, 1.165) is 12.1 Å². The molecule has 4 aliphatic rings. The molecule has 2 saturated heterocycles. The van der Waals surface area contributed by atoms with Gasteiger partial charge in [0.25, 0.3) is 0 Å². The minimum Gasteiger partial charge on any atom is -0.474 e. The van der Waals surface area contributed by atoms with Crippen LogP contribution in [0.5, 0.6) is 11.8 Å². The van der Waals surface area contributed by atoms with Crippen LogP contribution in [0.1, 0.15) is 107 Å². The van der Waals surface area contributed by atoms with Crippen LogP contribution in [0.2, 0.25) is 0 Å². The highest BCUT2D eigenvalue weighted by atomic mass is 35.5. The van der Waals surface area contributed by atoms with E-state index in [-0.39, 0.29) is 65.2 Å². The predicted octanol–water partition coefficient (Wildman–Crippen LogP) is 10.2. The standard InChI is InChI=1S/C23H29FN4O5S.C22H27FN4O5S.C4H7ClO2.CH4/c1-23(2,3)33-22(29)28-10-8-15(9-11-28)32-21-13-20(25-14-26-21)27-19-7-6-17(12-18(19)24)34(30,31)16-4-5-16;1-14(2)31-22(28)27-9-7-15(8-10-27)32-21-12-20(24-13-25-21)26-19-6-5-17(11-18(19)23)33(29,30)16-3-4-16;1-3(2)7-4(5)6;/h6-7,12-16H,4-5,8-11H2,1-3H3,(H,25,26,27);5-6,11-16H,3-4,7-10H2,1-2H3,(H,24,25,26);3H,1-2H3;1H4. The number of rotatable bonds is 14. The molecule has 0 spiro atoms. The van der Waals surface area contributed by atoms with Crippen molar-refractivity contribution in [3.8, 4) is 11.8 Å². The fourth-order valence-corrected chi connectivity index (χ4v) is 10.9. The van der Waals surface area contributed by atoms with Gasteiger partial charge in [-0.1, -0.05) is 7.43 Å². The van der Waals surface area contributed by atoms with Crippen molar-refractivity contribution < 1.29 is 63.7 Å². The molecule has 2 saturated carbocycles. The van der Waals surface area contributed by atoms with Crippen molar-refractivity contribution in [1.82, 2.24) is 29.7 Å². The smallest absolute Gasteiger partial charge is 0.410 e. The summed E-state index contributed by atoms with van der Waals surface area (Å²) in [6.07, 6.45) is 6.40. The van der Waals surface area contributed by atoms with E-state index >= 15 is 0 Å². The molecule has 2 N–H and O–H groups in total. The number of benzene rings is 2. The number of ether oxygens (including phenoxy) is 5. The van der Waals surface area contributed by atoms with Crippen LogP contribution in [0.15, 0.2) is 71.0 Å². The second-order valence-corrected chi connectivity index (χ2v) is 24.2. The Bertz CT molecular complexity index is 2820. The Morgan fingerprint density at radius 1 is 0.613 bits per heavy atom. The van der Waals surface area contributed by atoms with Gasteiger partial charge in [0.2, 0.25) is 11.8 Å². The zero-order valence-corrected chi connectivity index (χ0v) is 44.6. The van der Waals surface area contributed by atoms with E-state index in [1.807, 2.05) is 34.6 Å². The number of anilines is 4. The van der Waals surface area contributed by atoms with Gasteiger partial charge in [0.05, 0.1) is 43.9 Å². The molecular formula is C50H67ClF2N8O12S2. The molecule has 2 aliphatic heterocycles. The van der Waals surface area contributed by atoms with Gasteiger partial charge in [0.15, 0.2) is 19.7 Å². The van der Waals surface area contributed by atoms with Crippen molar-refractivity contribution in [2.75, 3.05) is 36.8 Å². The third-order valence-electron chi connectivity index (χ3n) is 11.3. The molecule has 4 fully saturated rings. The topological polar surface area (TPSA) is 248 Å². The van der Waals surface area contributed by atoms with Crippen molar-refractivity contribution in [3.63, 3.8) is 0 Å². The number of sulfone groups is 2. The first-order valence-electron chi connectivity index (χ1n) is 24.2. The average molecular weight is 1110 g/mol. The van der Waals surface area contributed by atoms with Crippen LogP contribution in [0.25, 0.3) is 0 Å². The molecule has 2 aliphatic carbocycles. The molecule has 2 aromatic heterocycles. The Morgan fingerprint density at radius 3 is 1.32 bits per heavy atom. The Balaban J connectivity index is 0.000000243. The maximum atomic E-state index is 14.6. The molecular weight excluding hydrogens is 1040 g/mol. The summed E-state index contributed by atoms with van der Waals surface area (Å²) >= 11 is 4.81. The van der Waals surface area contributed by atoms with E-state index in [4.69, 9.17) is 30.5 Å². The van der Waals surface area contributed by atoms with Crippen LogP contribution >= 0.6 is 11.6 Å². The molecule has 0 bridgehead atoms. The van der Waals surface area contributed by atoms with Crippen LogP contribution in [-0.4, -0.2) is 131 Å². The van der Waals surface area contributed by atoms with E-state index in [2.05, 4.69) is 35.3 Å². The van der Waals surface area contributed by atoms with Gasteiger partial charge in [0, 0.05) is 75.6 Å². The van der Waals surface area contributed by atoms with Gasteiger partial charge in [-0.05, 0) is 111 Å². The lowest BCUT2D eigenvalue weighted by molar-refractivity contribution is 0.0122. The Hall–Kier alpha value is -6.14. The summed E-state index contributed by atoms with van der Waals surface area (Å²) in [7, 11) is -6.93. The van der Waals surface area contributed by atoms with Crippen LogP contribution in [0.3, 0.4) is 0 Å². The van der Waals surface area contributed by atoms with E-state index in [9.17, 15) is 40.0 Å². The molecule has 4 aromatic rings. The van der Waals surface area contributed by atoms with Crippen molar-refractivity contribution >= 4 is 71.9 Å². The largest absolute Gasteiger partial charge is 0.474 e. The summed E-state index contributed by atoms with van der Waals surface area (Å²) in [5, 5.41) is 4.89. The molecule has 0 atom stereocenters. The molecule has 2 amide bonds. The molecule has 2 aromatic carbocycles. The fraction of sp³-hybridized carbons (Fsp3) is 0.540. The zero-order chi connectivity index (χ0) is 54.0. The van der Waals surface area contributed by atoms with E-state index in [1.165, 1.54) is 36.9 Å². The summed E-state index contributed by atoms with van der Waals surface area (Å²) < 4.78 is 105. The molecule has 412 valence electrons. The highest BCUT2D eigenvalue weighted by Gasteiger charge is 2.38. The summed E-state index contributed by atoms with van der Waals surface area (Å²) in [6.45, 7) is 14.7. The van der Waals surface area contributed by atoms with E-state index < -0.39 is 52.8 Å². The first kappa shape index (κ1) is 59.7. The molecule has 0 unspecified atom stereocenters. The Labute approximate surface area is 442 Å². The number of aromatic nitrogens is 4. The minimum absolute atomic E-state index is 0. The molecule has 20 nitrogen and oxygen atoms in total. The lowest BCUT2D eigenvalue weighted by Crippen LogP contribution is -2.44. The number of hydrogen-bond acceptors (Lipinski definition) is 18. The summed E-state index contributed by atoms with van der Waals surface area (Å²) in [5.74, 6) is -0.0936. The van der Waals surface area contributed by atoms with Crippen molar-refractivity contribution in [3.05, 3.63) is 72.8 Å². The first-order chi connectivity index (χ1) is 34.9.